The van der Waals surface area contributed by atoms with Gasteiger partial charge in [-0.15, -0.1) is 0 Å². The van der Waals surface area contributed by atoms with Crippen LogP contribution >= 0.6 is 0 Å². The van der Waals surface area contributed by atoms with Crippen molar-refractivity contribution < 1.29 is 14.2 Å². The van der Waals surface area contributed by atoms with E-state index in [1.54, 1.807) is 14.1 Å². The van der Waals surface area contributed by atoms with Gasteiger partial charge in [-0.2, -0.15) is 0 Å². The van der Waals surface area contributed by atoms with Gasteiger partial charge in [-0.3, -0.25) is 19.5 Å². The van der Waals surface area contributed by atoms with Gasteiger partial charge in [-0.05, 0) is 24.4 Å². The molecule has 0 saturated carbocycles. The van der Waals surface area contributed by atoms with Gasteiger partial charge in [0, 0.05) is 40.3 Å². The van der Waals surface area contributed by atoms with E-state index >= 15 is 0 Å². The molecule has 1 atom stereocenters. The fraction of sp³-hybridized carbons (Fsp3) is 0.800. The van der Waals surface area contributed by atoms with Gasteiger partial charge >= 0.3 is 11.9 Å². The number of carbonyl (C=O) groups excluding carboxylic acids is 2. The lowest BCUT2D eigenvalue weighted by atomic mass is 10.1. The number of piperazine rings is 1. The minimum Gasteiger partial charge on any atom is -0.301 e. The second kappa shape index (κ2) is 9.13. The third-order valence-corrected chi connectivity index (χ3v) is 6.14. The molecule has 0 radical (unpaired) electrons. The van der Waals surface area contributed by atoms with E-state index in [1.807, 2.05) is 0 Å². The van der Waals surface area contributed by atoms with Gasteiger partial charge in [0.25, 0.3) is 17.8 Å². The highest BCUT2D eigenvalue weighted by Crippen LogP contribution is 2.20. The van der Waals surface area contributed by atoms with E-state index in [-0.39, 0.29) is 11.9 Å². The first-order chi connectivity index (χ1) is 13.5. The first-order valence-electron chi connectivity index (χ1n) is 10.7. The van der Waals surface area contributed by atoms with Gasteiger partial charge in [-0.25, -0.2) is 9.37 Å². The van der Waals surface area contributed by atoms with Crippen LogP contribution in [0.15, 0.2) is 4.99 Å². The summed E-state index contributed by atoms with van der Waals surface area (Å²) in [5, 5.41) is 0. The lowest BCUT2D eigenvalue weighted by Crippen LogP contribution is -2.61. The number of fused-ring (bicyclic) bond motifs is 1. The smallest absolute Gasteiger partial charge is 0.301 e. The zero-order chi connectivity index (χ0) is 20.3. The van der Waals surface area contributed by atoms with Crippen molar-refractivity contribution in [2.75, 3.05) is 59.9 Å². The molecule has 28 heavy (non-hydrogen) atoms. The number of amides is 3. The molecule has 3 aliphatic rings. The van der Waals surface area contributed by atoms with Crippen molar-refractivity contribution in [3.63, 3.8) is 0 Å². The second-order valence-electron chi connectivity index (χ2n) is 7.99. The minimum atomic E-state index is -0.457. The summed E-state index contributed by atoms with van der Waals surface area (Å²) in [6.07, 6.45) is 4.57. The Labute approximate surface area is 168 Å². The Morgan fingerprint density at radius 3 is 2.29 bits per heavy atom. The van der Waals surface area contributed by atoms with Crippen LogP contribution in [0.4, 0.5) is 4.79 Å². The van der Waals surface area contributed by atoms with Gasteiger partial charge < -0.3 is 4.90 Å². The van der Waals surface area contributed by atoms with Crippen molar-refractivity contribution in [2.24, 2.45) is 4.99 Å². The van der Waals surface area contributed by atoms with E-state index in [0.717, 1.165) is 64.5 Å². The number of likely N-dealkylation sites (N-methyl/N-ethyl adjacent to an activating group) is 3. The number of imide groups is 1. The highest BCUT2D eigenvalue weighted by molar-refractivity contribution is 6.23. The quantitative estimate of drug-likeness (QED) is 0.456. The van der Waals surface area contributed by atoms with Crippen molar-refractivity contribution >= 4 is 23.6 Å². The van der Waals surface area contributed by atoms with Crippen LogP contribution in [-0.2, 0) is 4.79 Å². The van der Waals surface area contributed by atoms with Crippen LogP contribution in [0.25, 0.3) is 0 Å². The molecule has 156 valence electrons. The van der Waals surface area contributed by atoms with Crippen LogP contribution in [0.3, 0.4) is 0 Å². The SMILES string of the molecule is CCCCCC[N+]1=C(CN2CCN(CC)CC2)N=C2C1C(=O)N(C)C(=O)N2C. The fourth-order valence-electron chi connectivity index (χ4n) is 4.21. The average molecular weight is 392 g/mol. The minimum absolute atomic E-state index is 0.164. The number of unbranched alkanes of at least 4 members (excludes halogenated alkanes) is 3. The van der Waals surface area contributed by atoms with E-state index in [1.165, 1.54) is 22.6 Å². The summed E-state index contributed by atoms with van der Waals surface area (Å²) in [6.45, 7) is 11.2. The Morgan fingerprint density at radius 1 is 0.964 bits per heavy atom. The number of nitrogens with zero attached hydrogens (tertiary/aromatic N) is 6. The van der Waals surface area contributed by atoms with Crippen molar-refractivity contribution in [3.8, 4) is 0 Å². The summed E-state index contributed by atoms with van der Waals surface area (Å²) in [5.74, 6) is 1.36. The zero-order valence-electron chi connectivity index (χ0n) is 17.9. The van der Waals surface area contributed by atoms with Gasteiger partial charge in [0.2, 0.25) is 0 Å². The number of hydrogen-bond acceptors (Lipinski definition) is 5. The summed E-state index contributed by atoms with van der Waals surface area (Å²) in [7, 11) is 3.28. The topological polar surface area (TPSA) is 62.5 Å². The number of urea groups is 1. The number of aliphatic imine (C=N–C) groups is 1. The molecule has 8 heteroatoms. The molecule has 0 aliphatic carbocycles. The largest absolute Gasteiger partial charge is 0.333 e. The summed E-state index contributed by atoms with van der Waals surface area (Å²) in [6, 6.07) is -0.759. The highest BCUT2D eigenvalue weighted by atomic mass is 16.2. The molecule has 3 amide bonds. The molecule has 2 saturated heterocycles. The second-order valence-corrected chi connectivity index (χ2v) is 7.99. The molecule has 0 spiro atoms. The van der Waals surface area contributed by atoms with E-state index < -0.39 is 6.04 Å². The Morgan fingerprint density at radius 2 is 1.64 bits per heavy atom. The Kier molecular flexibility index (Phi) is 6.82. The molecule has 1 unspecified atom stereocenters. The molecule has 8 nitrogen and oxygen atoms in total. The van der Waals surface area contributed by atoms with Gasteiger partial charge in [0.05, 0.1) is 6.54 Å². The van der Waals surface area contributed by atoms with Crippen molar-refractivity contribution in [1.82, 2.24) is 19.6 Å². The van der Waals surface area contributed by atoms with Crippen LogP contribution < -0.4 is 0 Å². The summed E-state index contributed by atoms with van der Waals surface area (Å²) >= 11 is 0. The zero-order valence-corrected chi connectivity index (χ0v) is 17.9. The predicted octanol–water partition coefficient (Wildman–Crippen LogP) is 0.920. The van der Waals surface area contributed by atoms with Gasteiger partial charge in [0.15, 0.2) is 0 Å². The third kappa shape index (κ3) is 4.12. The summed E-state index contributed by atoms with van der Waals surface area (Å²) in [5.41, 5.74) is 0. The van der Waals surface area contributed by atoms with Crippen LogP contribution in [0, 0.1) is 0 Å². The Bertz CT molecular complexity index is 666. The molecule has 3 rings (SSSR count). The van der Waals surface area contributed by atoms with Crippen LogP contribution in [0.1, 0.15) is 39.5 Å². The molecule has 3 aliphatic heterocycles. The monoisotopic (exact) mass is 391 g/mol. The Balaban J connectivity index is 1.79. The summed E-state index contributed by atoms with van der Waals surface area (Å²) in [4.78, 5) is 37.7. The van der Waals surface area contributed by atoms with Crippen molar-refractivity contribution in [3.05, 3.63) is 0 Å². The number of amidine groups is 2. The predicted molar refractivity (Wildman–Crippen MR) is 110 cm³/mol. The standard InChI is InChI=1S/C20H35N6O2/c1-5-7-8-9-10-26-16(15-25-13-11-24(6-2)12-14-25)21-18-17(26)19(27)23(4)20(28)22(18)3/h17H,5-15H2,1-4H3/q+1. The lowest BCUT2D eigenvalue weighted by Gasteiger charge is -2.33. The molecular weight excluding hydrogens is 356 g/mol. The molecule has 0 aromatic rings. The van der Waals surface area contributed by atoms with E-state index in [2.05, 4.69) is 28.2 Å². The molecule has 0 aromatic carbocycles. The van der Waals surface area contributed by atoms with Crippen molar-refractivity contribution in [2.45, 2.75) is 45.6 Å². The number of rotatable bonds is 8. The van der Waals surface area contributed by atoms with E-state index in [0.29, 0.717) is 5.84 Å². The maximum Gasteiger partial charge on any atom is 0.333 e. The molecule has 0 aromatic heterocycles. The molecule has 0 bridgehead atoms. The average Bonchev–Trinajstić information content (AvgIpc) is 3.07. The molecule has 2 fully saturated rings. The number of hydrogen-bond donors (Lipinski definition) is 0. The van der Waals surface area contributed by atoms with Crippen LogP contribution in [0.5, 0.6) is 0 Å². The van der Waals surface area contributed by atoms with E-state index in [9.17, 15) is 9.59 Å². The normalized spacial score (nSPS) is 24.3. The highest BCUT2D eigenvalue weighted by Gasteiger charge is 2.52. The Hall–Kier alpha value is -1.80. The van der Waals surface area contributed by atoms with Crippen molar-refractivity contribution in [1.29, 1.82) is 0 Å². The maximum atomic E-state index is 12.9. The lowest BCUT2D eigenvalue weighted by molar-refractivity contribution is -0.537. The molecule has 0 N–H and O–H groups in total. The third-order valence-electron chi connectivity index (χ3n) is 6.14. The molecule has 3 heterocycles. The van der Waals surface area contributed by atoms with Crippen LogP contribution in [-0.4, -0.2) is 114 Å². The van der Waals surface area contributed by atoms with Crippen LogP contribution in [0.2, 0.25) is 0 Å². The number of carbonyl (C=O) groups is 2. The molecular formula is C20H35N6O2+. The van der Waals surface area contributed by atoms with E-state index in [4.69, 9.17) is 4.99 Å². The summed E-state index contributed by atoms with van der Waals surface area (Å²) < 4.78 is 2.15. The fourth-order valence-corrected chi connectivity index (χ4v) is 4.21. The van der Waals surface area contributed by atoms with Gasteiger partial charge in [0.1, 0.15) is 6.54 Å². The maximum absolute atomic E-state index is 12.9. The first-order valence-corrected chi connectivity index (χ1v) is 10.7. The van der Waals surface area contributed by atoms with Gasteiger partial charge in [-0.1, -0.05) is 26.7 Å². The first kappa shape index (κ1) is 20.9.